The standard InChI is InChI=1S/C6H3Cl3N2O3/c7-4-3(14-1-2(12)13)5(8)11-6(9)10-4/h1H2,(H,12,13). The molecule has 5 nitrogen and oxygen atoms in total. The molecule has 0 saturated carbocycles. The Hall–Kier alpha value is -0.780. The molecule has 0 atom stereocenters. The number of aliphatic carboxylic acids is 1. The molecule has 0 aliphatic heterocycles. The van der Waals surface area contributed by atoms with Crippen molar-refractivity contribution in [1.29, 1.82) is 0 Å². The predicted octanol–water partition coefficient (Wildman–Crippen LogP) is 1.90. The number of carboxylic acid groups (broad SMARTS) is 1. The van der Waals surface area contributed by atoms with Gasteiger partial charge >= 0.3 is 5.97 Å². The molecule has 1 aromatic rings. The molecule has 8 heteroatoms. The second-order valence-electron chi connectivity index (χ2n) is 2.09. The molecule has 0 amide bonds. The van der Waals surface area contributed by atoms with Gasteiger partial charge in [-0.25, -0.2) is 14.8 Å². The minimum Gasteiger partial charge on any atom is -0.479 e. The molecule has 0 unspecified atom stereocenters. The molecule has 0 fully saturated rings. The van der Waals surface area contributed by atoms with E-state index in [1.165, 1.54) is 0 Å². The highest BCUT2D eigenvalue weighted by molar-refractivity contribution is 6.37. The Balaban J connectivity index is 2.91. The zero-order chi connectivity index (χ0) is 10.7. The largest absolute Gasteiger partial charge is 0.479 e. The Labute approximate surface area is 93.6 Å². The first-order valence-electron chi connectivity index (χ1n) is 3.24. The topological polar surface area (TPSA) is 72.3 Å². The maximum absolute atomic E-state index is 10.2. The van der Waals surface area contributed by atoms with Gasteiger partial charge in [0.2, 0.25) is 5.28 Å². The summed E-state index contributed by atoms with van der Waals surface area (Å²) >= 11 is 16.6. The van der Waals surface area contributed by atoms with Crippen molar-refractivity contribution in [2.75, 3.05) is 6.61 Å². The Bertz CT molecular complexity index is 348. The molecule has 1 rings (SSSR count). The second kappa shape index (κ2) is 4.63. The summed E-state index contributed by atoms with van der Waals surface area (Å²) < 4.78 is 4.74. The number of nitrogens with zero attached hydrogens (tertiary/aromatic N) is 2. The first kappa shape index (κ1) is 11.3. The van der Waals surface area contributed by atoms with Gasteiger partial charge in [-0.3, -0.25) is 0 Å². The van der Waals surface area contributed by atoms with Crippen LogP contribution in [0.25, 0.3) is 0 Å². The van der Waals surface area contributed by atoms with E-state index in [-0.39, 0.29) is 21.3 Å². The summed E-state index contributed by atoms with van der Waals surface area (Å²) in [5.41, 5.74) is 0. The minimum atomic E-state index is -1.16. The Morgan fingerprint density at radius 1 is 1.29 bits per heavy atom. The highest BCUT2D eigenvalue weighted by Gasteiger charge is 2.13. The van der Waals surface area contributed by atoms with Gasteiger partial charge < -0.3 is 9.84 Å². The molecule has 0 aromatic carbocycles. The summed E-state index contributed by atoms with van der Waals surface area (Å²) in [5.74, 6) is -1.26. The quantitative estimate of drug-likeness (QED) is 0.661. The van der Waals surface area contributed by atoms with E-state index in [0.29, 0.717) is 0 Å². The minimum absolute atomic E-state index is 0.0971. The Kier molecular flexibility index (Phi) is 3.74. The van der Waals surface area contributed by atoms with Gasteiger partial charge in [0, 0.05) is 0 Å². The van der Waals surface area contributed by atoms with Gasteiger partial charge in [0.15, 0.2) is 22.7 Å². The molecule has 1 N–H and O–H groups in total. The molecular formula is C6H3Cl3N2O3. The molecule has 14 heavy (non-hydrogen) atoms. The molecule has 0 radical (unpaired) electrons. The third kappa shape index (κ3) is 2.87. The van der Waals surface area contributed by atoms with Crippen LogP contribution in [-0.2, 0) is 4.79 Å². The van der Waals surface area contributed by atoms with Crippen LogP contribution in [0.3, 0.4) is 0 Å². The summed E-state index contributed by atoms with van der Waals surface area (Å²) in [6.07, 6.45) is 0. The smallest absolute Gasteiger partial charge is 0.341 e. The zero-order valence-corrected chi connectivity index (χ0v) is 8.77. The molecule has 0 aliphatic carbocycles. The van der Waals surface area contributed by atoms with Crippen molar-refractivity contribution in [2.45, 2.75) is 0 Å². The Morgan fingerprint density at radius 2 is 1.79 bits per heavy atom. The van der Waals surface area contributed by atoms with Gasteiger partial charge in [-0.05, 0) is 11.6 Å². The number of aromatic nitrogens is 2. The highest BCUT2D eigenvalue weighted by atomic mass is 35.5. The van der Waals surface area contributed by atoms with Crippen molar-refractivity contribution >= 4 is 40.8 Å². The fraction of sp³-hybridized carbons (Fsp3) is 0.167. The third-order valence-corrected chi connectivity index (χ3v) is 1.78. The number of rotatable bonds is 3. The second-order valence-corrected chi connectivity index (χ2v) is 3.14. The summed E-state index contributed by atoms with van der Waals surface area (Å²) in [7, 11) is 0. The van der Waals surface area contributed by atoms with Crippen molar-refractivity contribution in [3.05, 3.63) is 15.6 Å². The first-order chi connectivity index (χ1) is 6.50. The average molecular weight is 257 g/mol. The van der Waals surface area contributed by atoms with Crippen LogP contribution in [0.4, 0.5) is 0 Å². The van der Waals surface area contributed by atoms with E-state index in [9.17, 15) is 4.79 Å². The van der Waals surface area contributed by atoms with Crippen LogP contribution in [0.2, 0.25) is 15.6 Å². The lowest BCUT2D eigenvalue weighted by Gasteiger charge is -2.05. The van der Waals surface area contributed by atoms with Crippen molar-refractivity contribution in [3.8, 4) is 5.75 Å². The number of ether oxygens (including phenoxy) is 1. The van der Waals surface area contributed by atoms with E-state index >= 15 is 0 Å². The molecule has 1 heterocycles. The van der Waals surface area contributed by atoms with Crippen molar-refractivity contribution in [1.82, 2.24) is 9.97 Å². The van der Waals surface area contributed by atoms with E-state index < -0.39 is 12.6 Å². The lowest BCUT2D eigenvalue weighted by Crippen LogP contribution is -2.10. The number of halogens is 3. The Morgan fingerprint density at radius 3 is 2.21 bits per heavy atom. The van der Waals surface area contributed by atoms with E-state index in [1.807, 2.05) is 0 Å². The van der Waals surface area contributed by atoms with Gasteiger partial charge in [0.1, 0.15) is 0 Å². The van der Waals surface area contributed by atoms with Crippen LogP contribution in [0.1, 0.15) is 0 Å². The summed E-state index contributed by atoms with van der Waals surface area (Å²) in [4.78, 5) is 17.2. The first-order valence-corrected chi connectivity index (χ1v) is 4.37. The number of carbonyl (C=O) groups is 1. The van der Waals surface area contributed by atoms with Crippen molar-refractivity contribution in [2.24, 2.45) is 0 Å². The van der Waals surface area contributed by atoms with E-state index in [1.54, 1.807) is 0 Å². The maximum atomic E-state index is 10.2. The van der Waals surface area contributed by atoms with Crippen molar-refractivity contribution < 1.29 is 14.6 Å². The zero-order valence-electron chi connectivity index (χ0n) is 6.50. The average Bonchev–Trinajstić information content (AvgIpc) is 2.01. The highest BCUT2D eigenvalue weighted by Crippen LogP contribution is 2.30. The van der Waals surface area contributed by atoms with Crippen LogP contribution >= 0.6 is 34.8 Å². The lowest BCUT2D eigenvalue weighted by atomic mass is 10.6. The molecule has 76 valence electrons. The SMILES string of the molecule is O=C(O)COc1c(Cl)nc(Cl)nc1Cl. The number of carboxylic acids is 1. The summed E-state index contributed by atoms with van der Waals surface area (Å²) in [6.45, 7) is -0.579. The lowest BCUT2D eigenvalue weighted by molar-refractivity contribution is -0.139. The molecular weight excluding hydrogens is 254 g/mol. The summed E-state index contributed by atoms with van der Waals surface area (Å²) in [5, 5.41) is 7.94. The molecule has 1 aromatic heterocycles. The van der Waals surface area contributed by atoms with Crippen LogP contribution in [-0.4, -0.2) is 27.7 Å². The van der Waals surface area contributed by atoms with Crippen LogP contribution < -0.4 is 4.74 Å². The van der Waals surface area contributed by atoms with Gasteiger partial charge in [-0.15, -0.1) is 0 Å². The molecule has 0 spiro atoms. The fourth-order valence-electron chi connectivity index (χ4n) is 0.627. The van der Waals surface area contributed by atoms with Gasteiger partial charge in [-0.1, -0.05) is 23.2 Å². The van der Waals surface area contributed by atoms with Gasteiger partial charge in [0.05, 0.1) is 0 Å². The molecule has 0 aliphatic rings. The van der Waals surface area contributed by atoms with E-state index in [4.69, 9.17) is 44.6 Å². The third-order valence-electron chi connectivity index (χ3n) is 1.10. The van der Waals surface area contributed by atoms with Gasteiger partial charge in [-0.2, -0.15) is 0 Å². The predicted molar refractivity (Wildman–Crippen MR) is 50.2 cm³/mol. The van der Waals surface area contributed by atoms with Crippen LogP contribution in [0.15, 0.2) is 0 Å². The summed E-state index contributed by atoms with van der Waals surface area (Å²) in [6, 6.07) is 0. The number of hydrogen-bond acceptors (Lipinski definition) is 4. The van der Waals surface area contributed by atoms with Crippen LogP contribution in [0, 0.1) is 0 Å². The fourth-order valence-corrected chi connectivity index (χ4v) is 1.38. The van der Waals surface area contributed by atoms with E-state index in [2.05, 4.69) is 9.97 Å². The normalized spacial score (nSPS) is 9.93. The molecule has 0 bridgehead atoms. The van der Waals surface area contributed by atoms with Gasteiger partial charge in [0.25, 0.3) is 0 Å². The maximum Gasteiger partial charge on any atom is 0.341 e. The monoisotopic (exact) mass is 256 g/mol. The molecule has 0 saturated heterocycles. The van der Waals surface area contributed by atoms with Crippen molar-refractivity contribution in [3.63, 3.8) is 0 Å². The van der Waals surface area contributed by atoms with E-state index in [0.717, 1.165) is 0 Å². The number of hydrogen-bond donors (Lipinski definition) is 1. The van der Waals surface area contributed by atoms with Crippen LogP contribution in [0.5, 0.6) is 5.75 Å².